The zero-order chi connectivity index (χ0) is 16.2. The molecular formula is C17H19N3O2S. The largest absolute Gasteiger partial charge is 0.372 e. The minimum absolute atomic E-state index is 0.0340. The minimum atomic E-state index is -0.0340. The average molecular weight is 329 g/mol. The standard InChI is InChI=1S/C17H19N3O2S/c1-12-10-20(11-13(2)22-12)17-15(18-19-23-17)8-9-16(21)14-6-4-3-5-7-14/h3-9,12-13H,10-11H2,1-2H3/b9-8+/t12-,13-/m0/s1. The number of morpholine rings is 1. The molecule has 2 heterocycles. The first-order valence-electron chi connectivity index (χ1n) is 7.63. The van der Waals surface area contributed by atoms with E-state index in [1.165, 1.54) is 11.5 Å². The second-order valence-corrected chi connectivity index (χ2v) is 6.42. The molecule has 1 saturated heterocycles. The van der Waals surface area contributed by atoms with E-state index in [2.05, 4.69) is 28.3 Å². The maximum atomic E-state index is 12.2. The zero-order valence-electron chi connectivity index (χ0n) is 13.2. The Labute approximate surface area is 139 Å². The van der Waals surface area contributed by atoms with E-state index in [4.69, 9.17) is 4.74 Å². The minimum Gasteiger partial charge on any atom is -0.372 e. The number of nitrogens with zero attached hydrogens (tertiary/aromatic N) is 3. The van der Waals surface area contributed by atoms with Crippen LogP contribution in [0.2, 0.25) is 0 Å². The molecule has 2 atom stereocenters. The van der Waals surface area contributed by atoms with Crippen LogP contribution < -0.4 is 4.90 Å². The van der Waals surface area contributed by atoms with Crippen LogP contribution in [0, 0.1) is 0 Å². The Bertz CT molecular complexity index is 689. The molecule has 1 aromatic heterocycles. The number of ketones is 1. The highest BCUT2D eigenvalue weighted by molar-refractivity contribution is 7.10. The third-order valence-corrected chi connectivity index (χ3v) is 4.46. The van der Waals surface area contributed by atoms with Crippen LogP contribution in [0.4, 0.5) is 5.00 Å². The topological polar surface area (TPSA) is 55.3 Å². The van der Waals surface area contributed by atoms with Crippen LogP contribution in [0.1, 0.15) is 29.9 Å². The lowest BCUT2D eigenvalue weighted by molar-refractivity contribution is -0.00502. The Morgan fingerprint density at radius 2 is 1.96 bits per heavy atom. The molecule has 0 saturated carbocycles. The van der Waals surface area contributed by atoms with E-state index in [1.54, 1.807) is 24.3 Å². The SMILES string of the molecule is C[C@H]1CN(c2snnc2/C=C/C(=O)c2ccccc2)C[C@H](C)O1. The van der Waals surface area contributed by atoms with Crippen LogP contribution >= 0.6 is 11.5 Å². The number of carbonyl (C=O) groups excluding carboxylic acids is 1. The van der Waals surface area contributed by atoms with Crippen LogP contribution in [-0.2, 0) is 4.74 Å². The maximum Gasteiger partial charge on any atom is 0.185 e. The summed E-state index contributed by atoms with van der Waals surface area (Å²) < 4.78 is 9.81. The number of anilines is 1. The normalized spacial score (nSPS) is 21.7. The van der Waals surface area contributed by atoms with Crippen molar-refractivity contribution in [2.24, 2.45) is 0 Å². The van der Waals surface area contributed by atoms with E-state index < -0.39 is 0 Å². The van der Waals surface area contributed by atoms with Gasteiger partial charge in [-0.2, -0.15) is 0 Å². The van der Waals surface area contributed by atoms with Crippen molar-refractivity contribution < 1.29 is 9.53 Å². The van der Waals surface area contributed by atoms with Crippen molar-refractivity contribution in [2.75, 3.05) is 18.0 Å². The number of benzene rings is 1. The molecule has 23 heavy (non-hydrogen) atoms. The number of rotatable bonds is 4. The highest BCUT2D eigenvalue weighted by Crippen LogP contribution is 2.27. The van der Waals surface area contributed by atoms with Gasteiger partial charge in [-0.05, 0) is 26.0 Å². The summed E-state index contributed by atoms with van der Waals surface area (Å²) in [7, 11) is 0. The first-order chi connectivity index (χ1) is 11.1. The van der Waals surface area contributed by atoms with E-state index in [1.807, 2.05) is 18.2 Å². The predicted octanol–water partition coefficient (Wildman–Crippen LogP) is 3.05. The third-order valence-electron chi connectivity index (χ3n) is 3.65. The van der Waals surface area contributed by atoms with Gasteiger partial charge in [0.1, 0.15) is 10.7 Å². The summed E-state index contributed by atoms with van der Waals surface area (Å²) in [5.41, 5.74) is 1.41. The van der Waals surface area contributed by atoms with E-state index in [0.717, 1.165) is 23.8 Å². The van der Waals surface area contributed by atoms with Crippen molar-refractivity contribution in [3.05, 3.63) is 47.7 Å². The van der Waals surface area contributed by atoms with Crippen LogP contribution in [0.25, 0.3) is 6.08 Å². The summed E-state index contributed by atoms with van der Waals surface area (Å²) in [6, 6.07) is 9.21. The summed E-state index contributed by atoms with van der Waals surface area (Å²) in [5, 5.41) is 5.14. The van der Waals surface area contributed by atoms with Gasteiger partial charge >= 0.3 is 0 Å². The molecule has 1 fully saturated rings. The Morgan fingerprint density at radius 3 is 2.65 bits per heavy atom. The molecule has 1 aliphatic heterocycles. The molecule has 0 amide bonds. The van der Waals surface area contributed by atoms with Crippen LogP contribution in [0.15, 0.2) is 36.4 Å². The molecule has 6 heteroatoms. The monoisotopic (exact) mass is 329 g/mol. The van der Waals surface area contributed by atoms with Gasteiger partial charge in [0.25, 0.3) is 0 Å². The molecule has 0 aliphatic carbocycles. The van der Waals surface area contributed by atoms with Gasteiger partial charge in [0.05, 0.1) is 12.2 Å². The number of ether oxygens (including phenoxy) is 1. The third kappa shape index (κ3) is 3.83. The quantitative estimate of drug-likeness (QED) is 0.637. The summed E-state index contributed by atoms with van der Waals surface area (Å²) in [5.74, 6) is -0.0340. The van der Waals surface area contributed by atoms with Crippen molar-refractivity contribution in [3.63, 3.8) is 0 Å². The summed E-state index contributed by atoms with van der Waals surface area (Å²) in [4.78, 5) is 14.4. The van der Waals surface area contributed by atoms with Crippen molar-refractivity contribution >= 4 is 28.4 Å². The molecule has 120 valence electrons. The van der Waals surface area contributed by atoms with Gasteiger partial charge in [0.2, 0.25) is 0 Å². The lowest BCUT2D eigenvalue weighted by Crippen LogP contribution is -2.45. The maximum absolute atomic E-state index is 12.2. The summed E-state index contributed by atoms with van der Waals surface area (Å²) >= 11 is 1.35. The van der Waals surface area contributed by atoms with Gasteiger partial charge < -0.3 is 9.64 Å². The number of aromatic nitrogens is 2. The van der Waals surface area contributed by atoms with Gasteiger partial charge in [-0.1, -0.05) is 34.8 Å². The Hall–Kier alpha value is -2.05. The van der Waals surface area contributed by atoms with Gasteiger partial charge in [0, 0.05) is 30.2 Å². The van der Waals surface area contributed by atoms with Gasteiger partial charge in [-0.3, -0.25) is 4.79 Å². The fraction of sp³-hybridized carbons (Fsp3) is 0.353. The molecule has 3 rings (SSSR count). The fourth-order valence-electron chi connectivity index (χ4n) is 2.71. The molecule has 0 radical (unpaired) electrons. The average Bonchev–Trinajstić information content (AvgIpc) is 3.01. The number of allylic oxidation sites excluding steroid dienone is 1. The van der Waals surface area contributed by atoms with Gasteiger partial charge in [0.15, 0.2) is 5.78 Å². The molecule has 0 unspecified atom stereocenters. The molecule has 2 aromatic rings. The molecule has 1 aliphatic rings. The van der Waals surface area contributed by atoms with Gasteiger partial charge in [-0.15, -0.1) is 5.10 Å². The highest BCUT2D eigenvalue weighted by Gasteiger charge is 2.25. The van der Waals surface area contributed by atoms with Crippen LogP contribution in [0.5, 0.6) is 0 Å². The van der Waals surface area contributed by atoms with Crippen LogP contribution in [-0.4, -0.2) is 40.7 Å². The lowest BCUT2D eigenvalue weighted by Gasteiger charge is -2.35. The van der Waals surface area contributed by atoms with E-state index in [0.29, 0.717) is 5.56 Å². The molecule has 0 N–H and O–H groups in total. The van der Waals surface area contributed by atoms with Crippen LogP contribution in [0.3, 0.4) is 0 Å². The second-order valence-electron chi connectivity index (χ2n) is 5.69. The van der Waals surface area contributed by atoms with Gasteiger partial charge in [-0.25, -0.2) is 0 Å². The number of hydrogen-bond donors (Lipinski definition) is 0. The van der Waals surface area contributed by atoms with Crippen molar-refractivity contribution in [2.45, 2.75) is 26.1 Å². The highest BCUT2D eigenvalue weighted by atomic mass is 32.1. The van der Waals surface area contributed by atoms with Crippen molar-refractivity contribution in [3.8, 4) is 0 Å². The fourth-order valence-corrected chi connectivity index (χ4v) is 3.39. The Balaban J connectivity index is 1.76. The molecule has 0 spiro atoms. The Kier molecular flexibility index (Phi) is 4.83. The summed E-state index contributed by atoms with van der Waals surface area (Å²) in [6.07, 6.45) is 3.65. The molecule has 0 bridgehead atoms. The molecule has 1 aromatic carbocycles. The zero-order valence-corrected chi connectivity index (χ0v) is 14.0. The van der Waals surface area contributed by atoms with Crippen molar-refractivity contribution in [1.29, 1.82) is 0 Å². The predicted molar refractivity (Wildman–Crippen MR) is 91.9 cm³/mol. The smallest absolute Gasteiger partial charge is 0.185 e. The van der Waals surface area contributed by atoms with E-state index >= 15 is 0 Å². The first kappa shape index (κ1) is 15.8. The summed E-state index contributed by atoms with van der Waals surface area (Å²) in [6.45, 7) is 5.74. The van der Waals surface area contributed by atoms with Crippen molar-refractivity contribution in [1.82, 2.24) is 9.59 Å². The van der Waals surface area contributed by atoms with E-state index in [9.17, 15) is 4.79 Å². The number of hydrogen-bond acceptors (Lipinski definition) is 6. The molecular weight excluding hydrogens is 310 g/mol. The second kappa shape index (κ2) is 7.02. The molecule has 5 nitrogen and oxygen atoms in total. The lowest BCUT2D eigenvalue weighted by atomic mass is 10.1. The van der Waals surface area contributed by atoms with E-state index in [-0.39, 0.29) is 18.0 Å². The Morgan fingerprint density at radius 1 is 1.26 bits per heavy atom. The number of carbonyl (C=O) groups is 1. The first-order valence-corrected chi connectivity index (χ1v) is 8.41.